The SMILES string of the molecule is N#CC1(C(=O)N2CCCC(Nc3ccnc(-c4cnc5ccc(F)cn45)n3)C2)CC1. The number of hydrogen-bond acceptors (Lipinski definition) is 6. The number of aromatic nitrogens is 4. The number of carbonyl (C=O) groups is 1. The van der Waals surface area contributed by atoms with Crippen LogP contribution in [0.15, 0.2) is 36.8 Å². The zero-order valence-corrected chi connectivity index (χ0v) is 16.3. The molecule has 3 aromatic rings. The number of piperidine rings is 1. The molecule has 3 aromatic heterocycles. The molecule has 9 heteroatoms. The molecule has 0 aromatic carbocycles. The summed E-state index contributed by atoms with van der Waals surface area (Å²) in [6, 6.07) is 6.96. The van der Waals surface area contributed by atoms with Crippen LogP contribution in [0.5, 0.6) is 0 Å². The highest BCUT2D eigenvalue weighted by atomic mass is 19.1. The Morgan fingerprint density at radius 2 is 2.17 bits per heavy atom. The van der Waals surface area contributed by atoms with Crippen LogP contribution in [0.3, 0.4) is 0 Å². The molecule has 30 heavy (non-hydrogen) atoms. The minimum absolute atomic E-state index is 0.0413. The van der Waals surface area contributed by atoms with Gasteiger partial charge in [-0.25, -0.2) is 19.3 Å². The number of halogens is 1. The summed E-state index contributed by atoms with van der Waals surface area (Å²) in [5, 5.41) is 12.7. The Bertz CT molecular complexity index is 1160. The van der Waals surface area contributed by atoms with Gasteiger partial charge in [0.05, 0.1) is 12.3 Å². The zero-order chi connectivity index (χ0) is 20.7. The molecule has 1 unspecified atom stereocenters. The predicted octanol–water partition coefficient (Wildman–Crippen LogP) is 2.64. The van der Waals surface area contributed by atoms with Crippen molar-refractivity contribution < 1.29 is 9.18 Å². The van der Waals surface area contributed by atoms with Gasteiger partial charge in [0.25, 0.3) is 0 Å². The summed E-state index contributed by atoms with van der Waals surface area (Å²) in [6.07, 6.45) is 7.71. The molecular formula is C21H20FN7O. The van der Waals surface area contributed by atoms with Crippen molar-refractivity contribution in [2.24, 2.45) is 5.41 Å². The molecule has 5 rings (SSSR count). The van der Waals surface area contributed by atoms with Gasteiger partial charge < -0.3 is 10.2 Å². The van der Waals surface area contributed by atoms with Gasteiger partial charge in [0.2, 0.25) is 5.91 Å². The van der Waals surface area contributed by atoms with Gasteiger partial charge in [-0.05, 0) is 43.9 Å². The second-order valence-corrected chi connectivity index (χ2v) is 7.91. The molecule has 0 spiro atoms. The first-order valence-corrected chi connectivity index (χ1v) is 10.0. The third-order valence-electron chi connectivity index (χ3n) is 5.79. The maximum absolute atomic E-state index is 13.7. The number of carbonyl (C=O) groups excluding carboxylic acids is 1. The highest BCUT2D eigenvalue weighted by Gasteiger charge is 2.52. The maximum atomic E-state index is 13.7. The fraction of sp³-hybridized carbons (Fsp3) is 0.381. The summed E-state index contributed by atoms with van der Waals surface area (Å²) in [5.41, 5.74) is 0.419. The minimum Gasteiger partial charge on any atom is -0.365 e. The number of anilines is 1. The van der Waals surface area contributed by atoms with Crippen molar-refractivity contribution in [2.75, 3.05) is 18.4 Å². The molecule has 152 valence electrons. The van der Waals surface area contributed by atoms with Crippen LogP contribution in [-0.2, 0) is 4.79 Å². The summed E-state index contributed by atoms with van der Waals surface area (Å²) in [7, 11) is 0. The van der Waals surface area contributed by atoms with Crippen LogP contribution in [0.25, 0.3) is 17.2 Å². The number of hydrogen-bond donors (Lipinski definition) is 1. The first kappa shape index (κ1) is 18.5. The van der Waals surface area contributed by atoms with Crippen LogP contribution in [-0.4, -0.2) is 49.3 Å². The number of amides is 1. The van der Waals surface area contributed by atoms with Crippen LogP contribution in [0.4, 0.5) is 10.2 Å². The average Bonchev–Trinajstić information content (AvgIpc) is 3.46. The Labute approximate surface area is 172 Å². The van der Waals surface area contributed by atoms with E-state index in [1.54, 1.807) is 33.8 Å². The molecule has 8 nitrogen and oxygen atoms in total. The fourth-order valence-corrected chi connectivity index (χ4v) is 3.97. The number of imidazole rings is 1. The van der Waals surface area contributed by atoms with Crippen LogP contribution in [0.1, 0.15) is 25.7 Å². The molecule has 1 amide bonds. The van der Waals surface area contributed by atoms with Crippen molar-refractivity contribution in [3.05, 3.63) is 42.6 Å². The Morgan fingerprint density at radius 3 is 2.97 bits per heavy atom. The fourth-order valence-electron chi connectivity index (χ4n) is 3.97. The molecule has 1 N–H and O–H groups in total. The van der Waals surface area contributed by atoms with E-state index < -0.39 is 5.41 Å². The lowest BCUT2D eigenvalue weighted by molar-refractivity contribution is -0.136. The van der Waals surface area contributed by atoms with E-state index in [0.717, 1.165) is 12.8 Å². The highest BCUT2D eigenvalue weighted by molar-refractivity contribution is 5.88. The van der Waals surface area contributed by atoms with E-state index in [4.69, 9.17) is 0 Å². The smallest absolute Gasteiger partial charge is 0.243 e. The summed E-state index contributed by atoms with van der Waals surface area (Å²) >= 11 is 0. The van der Waals surface area contributed by atoms with E-state index in [0.29, 0.717) is 48.9 Å². The van der Waals surface area contributed by atoms with Gasteiger partial charge in [-0.3, -0.25) is 9.20 Å². The molecule has 1 aliphatic heterocycles. The molecule has 1 atom stereocenters. The van der Waals surface area contributed by atoms with E-state index >= 15 is 0 Å². The molecule has 0 radical (unpaired) electrons. The van der Waals surface area contributed by atoms with Crippen LogP contribution < -0.4 is 5.32 Å². The number of pyridine rings is 1. The van der Waals surface area contributed by atoms with E-state index in [1.165, 1.54) is 12.3 Å². The normalized spacial score (nSPS) is 20.0. The average molecular weight is 405 g/mol. The molecule has 4 heterocycles. The Balaban J connectivity index is 1.34. The summed E-state index contributed by atoms with van der Waals surface area (Å²) in [5.74, 6) is 0.650. The first-order chi connectivity index (χ1) is 14.6. The summed E-state index contributed by atoms with van der Waals surface area (Å²) in [6.45, 7) is 1.23. The number of nitriles is 1. The van der Waals surface area contributed by atoms with Gasteiger partial charge in [-0.2, -0.15) is 5.26 Å². The van der Waals surface area contributed by atoms with Gasteiger partial charge in [0, 0.05) is 31.5 Å². The van der Waals surface area contributed by atoms with Crippen LogP contribution in [0.2, 0.25) is 0 Å². The molecule has 1 aliphatic carbocycles. The molecule has 1 saturated heterocycles. The lowest BCUT2D eigenvalue weighted by Crippen LogP contribution is -2.47. The van der Waals surface area contributed by atoms with Crippen molar-refractivity contribution in [1.29, 1.82) is 5.26 Å². The quantitative estimate of drug-likeness (QED) is 0.716. The number of fused-ring (bicyclic) bond motifs is 1. The predicted molar refractivity (Wildman–Crippen MR) is 107 cm³/mol. The second kappa shape index (κ2) is 7.06. The van der Waals surface area contributed by atoms with E-state index in [2.05, 4.69) is 26.3 Å². The van der Waals surface area contributed by atoms with E-state index in [9.17, 15) is 14.4 Å². The van der Waals surface area contributed by atoms with Gasteiger partial charge >= 0.3 is 0 Å². The third kappa shape index (κ3) is 3.24. The maximum Gasteiger partial charge on any atom is 0.243 e. The monoisotopic (exact) mass is 405 g/mol. The number of likely N-dealkylation sites (tertiary alicyclic amines) is 1. The third-order valence-corrected chi connectivity index (χ3v) is 5.79. The van der Waals surface area contributed by atoms with Crippen molar-refractivity contribution >= 4 is 17.4 Å². The van der Waals surface area contributed by atoms with E-state index in [1.807, 2.05) is 0 Å². The van der Waals surface area contributed by atoms with Gasteiger partial charge in [-0.15, -0.1) is 0 Å². The van der Waals surface area contributed by atoms with Gasteiger partial charge in [0.15, 0.2) is 5.82 Å². The standard InChI is InChI=1S/C21H20FN7O/c22-14-3-4-18-25-10-16(29(18)11-14)19-24-8-5-17(27-19)26-15-2-1-9-28(12-15)20(30)21(13-23)6-7-21/h3-5,8,10-11,15H,1-2,6-7,9,12H2,(H,24,26,27). The van der Waals surface area contributed by atoms with Crippen molar-refractivity contribution in [3.8, 4) is 17.6 Å². The molecular weight excluding hydrogens is 385 g/mol. The lowest BCUT2D eigenvalue weighted by Gasteiger charge is -2.34. The summed E-state index contributed by atoms with van der Waals surface area (Å²) < 4.78 is 15.3. The van der Waals surface area contributed by atoms with Crippen LogP contribution in [0, 0.1) is 22.6 Å². The number of rotatable bonds is 4. The number of nitrogens with one attached hydrogen (secondary N) is 1. The Kier molecular flexibility index (Phi) is 4.35. The lowest BCUT2D eigenvalue weighted by atomic mass is 10.0. The Hall–Kier alpha value is -3.54. The van der Waals surface area contributed by atoms with Crippen molar-refractivity contribution in [1.82, 2.24) is 24.3 Å². The molecule has 2 aliphatic rings. The van der Waals surface area contributed by atoms with Gasteiger partial charge in [0.1, 0.15) is 28.4 Å². The topological polar surface area (TPSA) is 99.2 Å². The highest BCUT2D eigenvalue weighted by Crippen LogP contribution is 2.46. The second-order valence-electron chi connectivity index (χ2n) is 7.91. The molecule has 0 bridgehead atoms. The number of nitrogens with zero attached hydrogens (tertiary/aromatic N) is 6. The van der Waals surface area contributed by atoms with Gasteiger partial charge in [-0.1, -0.05) is 0 Å². The zero-order valence-electron chi connectivity index (χ0n) is 16.3. The summed E-state index contributed by atoms with van der Waals surface area (Å²) in [4.78, 5) is 27.6. The van der Waals surface area contributed by atoms with Crippen LogP contribution >= 0.6 is 0 Å². The molecule has 1 saturated carbocycles. The first-order valence-electron chi connectivity index (χ1n) is 10.0. The molecule has 2 fully saturated rings. The largest absolute Gasteiger partial charge is 0.365 e. The van der Waals surface area contributed by atoms with Crippen molar-refractivity contribution in [3.63, 3.8) is 0 Å². The van der Waals surface area contributed by atoms with Crippen molar-refractivity contribution in [2.45, 2.75) is 31.7 Å². The van der Waals surface area contributed by atoms with E-state index in [-0.39, 0.29) is 17.8 Å². The minimum atomic E-state index is -0.789. The Morgan fingerprint density at radius 1 is 1.30 bits per heavy atom.